The number of furan rings is 1. The van der Waals surface area contributed by atoms with Crippen molar-refractivity contribution in [2.45, 2.75) is 25.7 Å². The van der Waals surface area contributed by atoms with E-state index in [0.717, 1.165) is 24.3 Å². The molecule has 114 valence electrons. The molecule has 0 saturated heterocycles. The van der Waals surface area contributed by atoms with Crippen molar-refractivity contribution in [1.29, 1.82) is 0 Å². The molecule has 0 bridgehead atoms. The summed E-state index contributed by atoms with van der Waals surface area (Å²) in [6.45, 7) is 0. The van der Waals surface area contributed by atoms with Crippen LogP contribution in [0.3, 0.4) is 0 Å². The number of benzene rings is 1. The van der Waals surface area contributed by atoms with Crippen LogP contribution in [-0.4, -0.2) is 11.8 Å². The molecule has 2 amide bonds. The molecule has 1 saturated carbocycles. The summed E-state index contributed by atoms with van der Waals surface area (Å²) in [5, 5.41) is 5.69. The smallest absolute Gasteiger partial charge is 0.227 e. The van der Waals surface area contributed by atoms with Crippen LogP contribution in [0.2, 0.25) is 0 Å². The molecule has 1 aromatic heterocycles. The van der Waals surface area contributed by atoms with Crippen molar-refractivity contribution in [2.24, 2.45) is 5.92 Å². The van der Waals surface area contributed by atoms with Crippen molar-refractivity contribution in [3.63, 3.8) is 0 Å². The molecule has 0 radical (unpaired) electrons. The summed E-state index contributed by atoms with van der Waals surface area (Å²) >= 11 is 0. The molecule has 5 heteroatoms. The molecule has 1 aliphatic rings. The van der Waals surface area contributed by atoms with Gasteiger partial charge in [0.25, 0.3) is 0 Å². The molecule has 0 atom stereocenters. The van der Waals surface area contributed by atoms with Gasteiger partial charge in [0.1, 0.15) is 5.76 Å². The van der Waals surface area contributed by atoms with E-state index in [1.807, 2.05) is 12.1 Å². The minimum atomic E-state index is -0.0637. The predicted molar refractivity (Wildman–Crippen MR) is 83.5 cm³/mol. The van der Waals surface area contributed by atoms with Gasteiger partial charge >= 0.3 is 0 Å². The molecule has 2 N–H and O–H groups in total. The van der Waals surface area contributed by atoms with Crippen molar-refractivity contribution < 1.29 is 14.0 Å². The van der Waals surface area contributed by atoms with Crippen molar-refractivity contribution in [2.75, 3.05) is 10.6 Å². The van der Waals surface area contributed by atoms with E-state index in [-0.39, 0.29) is 17.7 Å². The second-order valence-corrected chi connectivity index (χ2v) is 5.47. The highest BCUT2D eigenvalue weighted by molar-refractivity contribution is 5.95. The Morgan fingerprint density at radius 3 is 2.32 bits per heavy atom. The Labute approximate surface area is 128 Å². The monoisotopic (exact) mass is 298 g/mol. The van der Waals surface area contributed by atoms with Crippen LogP contribution in [0, 0.1) is 5.92 Å². The maximum atomic E-state index is 11.8. The molecule has 0 spiro atoms. The van der Waals surface area contributed by atoms with Gasteiger partial charge in [0.15, 0.2) is 0 Å². The van der Waals surface area contributed by atoms with Gasteiger partial charge in [0.05, 0.1) is 6.26 Å². The third-order valence-electron chi connectivity index (χ3n) is 3.56. The van der Waals surface area contributed by atoms with E-state index in [1.165, 1.54) is 0 Å². The normalized spacial score (nSPS) is 13.6. The van der Waals surface area contributed by atoms with Crippen LogP contribution in [-0.2, 0) is 16.0 Å². The second-order valence-electron chi connectivity index (χ2n) is 5.47. The quantitative estimate of drug-likeness (QED) is 0.860. The highest BCUT2D eigenvalue weighted by Crippen LogP contribution is 2.30. The van der Waals surface area contributed by atoms with Gasteiger partial charge in [-0.3, -0.25) is 9.59 Å². The lowest BCUT2D eigenvalue weighted by molar-refractivity contribution is -0.117. The summed E-state index contributed by atoms with van der Waals surface area (Å²) < 4.78 is 5.19. The van der Waals surface area contributed by atoms with E-state index in [0.29, 0.717) is 18.5 Å². The van der Waals surface area contributed by atoms with E-state index >= 15 is 0 Å². The van der Waals surface area contributed by atoms with Crippen molar-refractivity contribution in [3.8, 4) is 0 Å². The molecule has 1 fully saturated rings. The number of carbonyl (C=O) groups excluding carboxylic acids is 2. The molecule has 1 aromatic carbocycles. The third kappa shape index (κ3) is 3.97. The number of nitrogens with one attached hydrogen (secondary N) is 2. The van der Waals surface area contributed by atoms with Gasteiger partial charge < -0.3 is 15.1 Å². The van der Waals surface area contributed by atoms with Crippen LogP contribution in [0.25, 0.3) is 0 Å². The Morgan fingerprint density at radius 2 is 1.73 bits per heavy atom. The van der Waals surface area contributed by atoms with E-state index in [9.17, 15) is 9.59 Å². The van der Waals surface area contributed by atoms with Crippen LogP contribution in [0.4, 0.5) is 11.4 Å². The molecule has 1 aliphatic carbocycles. The SMILES string of the molecule is O=C(CCc1ccco1)Nc1ccc(NC(=O)C2CC2)cc1. The highest BCUT2D eigenvalue weighted by Gasteiger charge is 2.29. The first kappa shape index (κ1) is 14.4. The van der Waals surface area contributed by atoms with Gasteiger partial charge in [-0.1, -0.05) is 0 Å². The van der Waals surface area contributed by atoms with Crippen LogP contribution < -0.4 is 10.6 Å². The van der Waals surface area contributed by atoms with E-state index in [1.54, 1.807) is 30.5 Å². The fraction of sp³-hybridized carbons (Fsp3) is 0.294. The topological polar surface area (TPSA) is 71.3 Å². The van der Waals surface area contributed by atoms with Crippen LogP contribution in [0.5, 0.6) is 0 Å². The lowest BCUT2D eigenvalue weighted by Gasteiger charge is -2.07. The zero-order chi connectivity index (χ0) is 15.4. The number of aryl methyl sites for hydroxylation is 1. The van der Waals surface area contributed by atoms with E-state index < -0.39 is 0 Å². The van der Waals surface area contributed by atoms with Crippen LogP contribution in [0.1, 0.15) is 25.0 Å². The van der Waals surface area contributed by atoms with Crippen molar-refractivity contribution in [3.05, 3.63) is 48.4 Å². The fourth-order valence-electron chi connectivity index (χ4n) is 2.14. The molecule has 22 heavy (non-hydrogen) atoms. The van der Waals surface area contributed by atoms with Gasteiger partial charge in [0.2, 0.25) is 11.8 Å². The molecular weight excluding hydrogens is 280 g/mol. The van der Waals surface area contributed by atoms with E-state index in [2.05, 4.69) is 10.6 Å². The maximum Gasteiger partial charge on any atom is 0.227 e. The summed E-state index contributed by atoms with van der Waals surface area (Å²) in [4.78, 5) is 23.5. The number of carbonyl (C=O) groups is 2. The largest absolute Gasteiger partial charge is 0.469 e. The molecule has 0 unspecified atom stereocenters. The molecule has 1 heterocycles. The number of amides is 2. The predicted octanol–water partition coefficient (Wildman–Crippen LogP) is 3.20. The Morgan fingerprint density at radius 1 is 1.05 bits per heavy atom. The number of rotatable bonds is 6. The van der Waals surface area contributed by atoms with Gasteiger partial charge in [-0.2, -0.15) is 0 Å². The standard InChI is InChI=1S/C17H18N2O3/c20-16(10-9-15-2-1-11-22-15)18-13-5-7-14(8-6-13)19-17(21)12-3-4-12/h1-2,5-8,11-12H,3-4,9-10H2,(H,18,20)(H,19,21). The first-order valence-electron chi connectivity index (χ1n) is 7.44. The lowest BCUT2D eigenvalue weighted by atomic mass is 10.2. The maximum absolute atomic E-state index is 11.8. The van der Waals surface area contributed by atoms with Crippen molar-refractivity contribution in [1.82, 2.24) is 0 Å². The molecule has 2 aromatic rings. The minimum Gasteiger partial charge on any atom is -0.469 e. The van der Waals surface area contributed by atoms with Crippen molar-refractivity contribution >= 4 is 23.2 Å². The summed E-state index contributed by atoms with van der Waals surface area (Å²) in [7, 11) is 0. The first-order chi connectivity index (χ1) is 10.7. The third-order valence-corrected chi connectivity index (χ3v) is 3.56. The highest BCUT2D eigenvalue weighted by atomic mass is 16.3. The Kier molecular flexibility index (Phi) is 4.23. The minimum absolute atomic E-state index is 0.0637. The summed E-state index contributed by atoms with van der Waals surface area (Å²) in [5.41, 5.74) is 1.47. The average Bonchev–Trinajstić information content (AvgIpc) is 3.24. The Bertz CT molecular complexity index is 643. The number of hydrogen-bond donors (Lipinski definition) is 2. The second kappa shape index (κ2) is 6.47. The van der Waals surface area contributed by atoms with Crippen LogP contribution >= 0.6 is 0 Å². The Balaban J connectivity index is 1.47. The van der Waals surface area contributed by atoms with Gasteiger partial charge in [-0.25, -0.2) is 0 Å². The van der Waals surface area contributed by atoms with E-state index in [4.69, 9.17) is 4.42 Å². The zero-order valence-electron chi connectivity index (χ0n) is 12.2. The molecule has 3 rings (SSSR count). The summed E-state index contributed by atoms with van der Waals surface area (Å²) in [6.07, 6.45) is 4.51. The number of hydrogen-bond acceptors (Lipinski definition) is 3. The lowest BCUT2D eigenvalue weighted by Crippen LogP contribution is -2.14. The average molecular weight is 298 g/mol. The van der Waals surface area contributed by atoms with Gasteiger partial charge in [0, 0.05) is 30.1 Å². The van der Waals surface area contributed by atoms with Crippen LogP contribution in [0.15, 0.2) is 47.1 Å². The molecule has 0 aliphatic heterocycles. The summed E-state index contributed by atoms with van der Waals surface area (Å²) in [6, 6.07) is 10.8. The number of anilines is 2. The van der Waals surface area contributed by atoms with Gasteiger partial charge in [-0.05, 0) is 49.2 Å². The fourth-order valence-corrected chi connectivity index (χ4v) is 2.14. The molecular formula is C17H18N2O3. The first-order valence-corrected chi connectivity index (χ1v) is 7.44. The Hall–Kier alpha value is -2.56. The molecule has 5 nitrogen and oxygen atoms in total. The summed E-state index contributed by atoms with van der Waals surface area (Å²) in [5.74, 6) is 0.996. The van der Waals surface area contributed by atoms with Gasteiger partial charge in [-0.15, -0.1) is 0 Å². The zero-order valence-corrected chi connectivity index (χ0v) is 12.2.